The number of carbonyl (C=O) groups excluding carboxylic acids is 1. The topological polar surface area (TPSA) is 108 Å². The smallest absolute Gasteiger partial charge is 0.278 e. The lowest BCUT2D eigenvalue weighted by atomic mass is 10.2. The van der Waals surface area contributed by atoms with Gasteiger partial charge in [0.1, 0.15) is 6.33 Å². The zero-order chi connectivity index (χ0) is 22.1. The van der Waals surface area contributed by atoms with Crippen molar-refractivity contribution in [1.82, 2.24) is 39.1 Å². The lowest BCUT2D eigenvalue weighted by Crippen LogP contribution is -2.14. The Morgan fingerprint density at radius 3 is 2.72 bits per heavy atom. The van der Waals surface area contributed by atoms with Gasteiger partial charge < -0.3 is 0 Å². The summed E-state index contributed by atoms with van der Waals surface area (Å²) >= 11 is 0. The van der Waals surface area contributed by atoms with Crippen LogP contribution in [0.4, 0.5) is 5.95 Å². The molecule has 0 aliphatic carbocycles. The minimum Gasteiger partial charge on any atom is -0.288 e. The average molecular weight is 427 g/mol. The van der Waals surface area contributed by atoms with E-state index in [1.165, 1.54) is 0 Å². The van der Waals surface area contributed by atoms with E-state index in [0.717, 1.165) is 29.1 Å². The molecule has 4 heterocycles. The van der Waals surface area contributed by atoms with Gasteiger partial charge in [0.15, 0.2) is 11.3 Å². The van der Waals surface area contributed by atoms with Gasteiger partial charge in [-0.3, -0.25) is 14.8 Å². The first kappa shape index (κ1) is 19.6. The highest BCUT2D eigenvalue weighted by molar-refractivity contribution is 6.02. The molecule has 0 fully saturated rings. The van der Waals surface area contributed by atoms with Gasteiger partial charge in [-0.1, -0.05) is 30.3 Å². The molecule has 0 saturated carbocycles. The lowest BCUT2D eigenvalue weighted by Gasteiger charge is -2.04. The van der Waals surface area contributed by atoms with Crippen LogP contribution in [0.3, 0.4) is 0 Å². The number of anilines is 1. The number of carbonyl (C=O) groups is 1. The summed E-state index contributed by atoms with van der Waals surface area (Å²) in [5.41, 5.74) is 4.67. The summed E-state index contributed by atoms with van der Waals surface area (Å²) in [6, 6.07) is 13.4. The number of hydrogen-bond acceptors (Lipinski definition) is 6. The number of rotatable bonds is 6. The highest BCUT2D eigenvalue weighted by atomic mass is 16.2. The number of amides is 1. The first-order valence-electron chi connectivity index (χ1n) is 10.2. The molecule has 10 nitrogen and oxygen atoms in total. The van der Waals surface area contributed by atoms with E-state index in [-0.39, 0.29) is 11.6 Å². The molecule has 1 amide bonds. The van der Waals surface area contributed by atoms with Gasteiger partial charge in [0.05, 0.1) is 18.4 Å². The quantitative estimate of drug-likeness (QED) is 0.446. The minimum atomic E-state index is -0.403. The van der Waals surface area contributed by atoms with Crippen LogP contribution in [0.1, 0.15) is 28.7 Å². The second-order valence-electron chi connectivity index (χ2n) is 7.29. The van der Waals surface area contributed by atoms with Gasteiger partial charge in [0, 0.05) is 30.1 Å². The van der Waals surface area contributed by atoms with E-state index in [9.17, 15) is 4.79 Å². The van der Waals surface area contributed by atoms with Crippen LogP contribution in [-0.2, 0) is 13.1 Å². The molecular formula is C22H21N9O. The van der Waals surface area contributed by atoms with Crippen LogP contribution in [0.5, 0.6) is 0 Å². The minimum absolute atomic E-state index is 0.219. The maximum atomic E-state index is 12.8. The van der Waals surface area contributed by atoms with E-state index in [1.54, 1.807) is 34.0 Å². The predicted molar refractivity (Wildman–Crippen MR) is 118 cm³/mol. The Balaban J connectivity index is 1.38. The number of aryl methyl sites for hydroxylation is 1. The van der Waals surface area contributed by atoms with Crippen LogP contribution in [0, 0.1) is 6.92 Å². The Labute approximate surface area is 183 Å². The van der Waals surface area contributed by atoms with Crippen molar-refractivity contribution in [3.8, 4) is 11.3 Å². The molecule has 5 aromatic rings. The van der Waals surface area contributed by atoms with Crippen molar-refractivity contribution in [1.29, 1.82) is 0 Å². The van der Waals surface area contributed by atoms with E-state index in [1.807, 2.05) is 54.9 Å². The summed E-state index contributed by atoms with van der Waals surface area (Å²) in [5, 5.41) is 15.9. The third-order valence-corrected chi connectivity index (χ3v) is 5.22. The average Bonchev–Trinajstić information content (AvgIpc) is 3.52. The van der Waals surface area contributed by atoms with Gasteiger partial charge in [-0.15, -0.1) is 5.10 Å². The van der Waals surface area contributed by atoms with Crippen LogP contribution < -0.4 is 5.32 Å². The first-order chi connectivity index (χ1) is 15.6. The van der Waals surface area contributed by atoms with Gasteiger partial charge in [0.25, 0.3) is 5.91 Å². The molecule has 1 N–H and O–H groups in total. The molecule has 0 aliphatic rings. The highest BCUT2D eigenvalue weighted by Crippen LogP contribution is 2.23. The van der Waals surface area contributed by atoms with Crippen molar-refractivity contribution < 1.29 is 4.79 Å². The lowest BCUT2D eigenvalue weighted by molar-refractivity contribution is 0.102. The van der Waals surface area contributed by atoms with Crippen molar-refractivity contribution in [2.45, 2.75) is 26.9 Å². The van der Waals surface area contributed by atoms with Crippen molar-refractivity contribution in [3.05, 3.63) is 78.1 Å². The first-order valence-corrected chi connectivity index (χ1v) is 10.2. The highest BCUT2D eigenvalue weighted by Gasteiger charge is 2.17. The summed E-state index contributed by atoms with van der Waals surface area (Å²) in [6.45, 7) is 5.39. The Morgan fingerprint density at radius 1 is 1.09 bits per heavy atom. The fraction of sp³-hybridized carbons (Fsp3) is 0.182. The number of hydrogen-bond donors (Lipinski definition) is 1. The van der Waals surface area contributed by atoms with Gasteiger partial charge in [-0.2, -0.15) is 10.2 Å². The Kier molecular flexibility index (Phi) is 4.94. The molecule has 0 radical (unpaired) electrons. The molecule has 0 aliphatic heterocycles. The summed E-state index contributed by atoms with van der Waals surface area (Å²) in [4.78, 5) is 21.3. The normalized spacial score (nSPS) is 11.2. The Bertz CT molecular complexity index is 1400. The van der Waals surface area contributed by atoms with Crippen molar-refractivity contribution in [2.24, 2.45) is 0 Å². The Hall–Kier alpha value is -4.34. The zero-order valence-electron chi connectivity index (χ0n) is 17.7. The number of fused-ring (bicyclic) bond motifs is 1. The predicted octanol–water partition coefficient (Wildman–Crippen LogP) is 2.81. The molecule has 0 spiro atoms. The summed E-state index contributed by atoms with van der Waals surface area (Å²) in [6.07, 6.45) is 5.09. The molecule has 1 aromatic carbocycles. The molecule has 0 unspecified atom stereocenters. The number of benzene rings is 1. The van der Waals surface area contributed by atoms with E-state index >= 15 is 0 Å². The SMILES string of the molecule is CCn1ncc(-c2ccnc3cc(C(=O)Nc4ncn(Cc5ccccc5)n4)nn23)c1C. The summed E-state index contributed by atoms with van der Waals surface area (Å²) < 4.78 is 5.24. The van der Waals surface area contributed by atoms with E-state index < -0.39 is 5.91 Å². The van der Waals surface area contributed by atoms with Gasteiger partial charge >= 0.3 is 0 Å². The van der Waals surface area contributed by atoms with E-state index in [4.69, 9.17) is 0 Å². The van der Waals surface area contributed by atoms with E-state index in [2.05, 4.69) is 30.6 Å². The van der Waals surface area contributed by atoms with Crippen molar-refractivity contribution >= 4 is 17.5 Å². The van der Waals surface area contributed by atoms with Crippen LogP contribution in [0.25, 0.3) is 16.9 Å². The molecule has 10 heteroatoms. The largest absolute Gasteiger partial charge is 0.288 e. The van der Waals surface area contributed by atoms with Crippen LogP contribution >= 0.6 is 0 Å². The molecule has 0 bridgehead atoms. The zero-order valence-corrected chi connectivity index (χ0v) is 17.7. The maximum Gasteiger partial charge on any atom is 0.278 e. The van der Waals surface area contributed by atoms with Crippen LogP contribution in [-0.4, -0.2) is 45.1 Å². The fourth-order valence-corrected chi connectivity index (χ4v) is 3.59. The second-order valence-corrected chi connectivity index (χ2v) is 7.29. The van der Waals surface area contributed by atoms with Gasteiger partial charge in [-0.25, -0.2) is 19.2 Å². The molecule has 160 valence electrons. The standard InChI is InChI=1S/C22H21N9O/c1-3-30-15(2)17(12-25-30)19-9-10-23-20-11-18(27-31(19)20)21(32)26-22-24-14-29(28-22)13-16-7-5-4-6-8-16/h4-12,14H,3,13H2,1-2H3,(H,26,28,32). The van der Waals surface area contributed by atoms with Gasteiger partial charge in [-0.05, 0) is 25.5 Å². The second kappa shape index (κ2) is 8.06. The van der Waals surface area contributed by atoms with Crippen LogP contribution in [0.15, 0.2) is 61.2 Å². The molecule has 4 aromatic heterocycles. The summed E-state index contributed by atoms with van der Waals surface area (Å²) in [5.74, 6) is -0.184. The van der Waals surface area contributed by atoms with Crippen molar-refractivity contribution in [3.63, 3.8) is 0 Å². The number of nitrogens with zero attached hydrogens (tertiary/aromatic N) is 8. The molecule has 32 heavy (non-hydrogen) atoms. The van der Waals surface area contributed by atoms with E-state index in [0.29, 0.717) is 12.2 Å². The fourth-order valence-electron chi connectivity index (χ4n) is 3.59. The molecular weight excluding hydrogens is 406 g/mol. The Morgan fingerprint density at radius 2 is 1.94 bits per heavy atom. The summed E-state index contributed by atoms with van der Waals surface area (Å²) in [7, 11) is 0. The molecule has 0 atom stereocenters. The van der Waals surface area contributed by atoms with Crippen LogP contribution in [0.2, 0.25) is 0 Å². The van der Waals surface area contributed by atoms with Gasteiger partial charge in [0.2, 0.25) is 5.95 Å². The number of aromatic nitrogens is 8. The molecule has 5 rings (SSSR count). The number of nitrogens with one attached hydrogen (secondary N) is 1. The maximum absolute atomic E-state index is 12.8. The monoisotopic (exact) mass is 427 g/mol. The van der Waals surface area contributed by atoms with Crippen molar-refractivity contribution in [2.75, 3.05) is 5.32 Å². The third-order valence-electron chi connectivity index (χ3n) is 5.22. The molecule has 0 saturated heterocycles. The third kappa shape index (κ3) is 3.62.